The minimum atomic E-state index is -0.807. The van der Waals surface area contributed by atoms with Gasteiger partial charge in [0.1, 0.15) is 18.2 Å². The first-order valence-electron chi connectivity index (χ1n) is 8.92. The van der Waals surface area contributed by atoms with Crippen LogP contribution in [0.1, 0.15) is 16.5 Å². The van der Waals surface area contributed by atoms with Gasteiger partial charge in [0.2, 0.25) is 11.8 Å². The number of carbonyl (C=O) groups excluding carboxylic acids is 1. The Morgan fingerprint density at radius 1 is 1.07 bits per heavy atom. The SMILES string of the molecule is O=C(Cn1nc(-c2ccc(F)cc2)oc1=O)N[C@@H](c1ccc(F)cc1)c1cccs1. The third kappa shape index (κ3) is 4.36. The summed E-state index contributed by atoms with van der Waals surface area (Å²) in [6.45, 7) is -0.368. The van der Waals surface area contributed by atoms with E-state index in [9.17, 15) is 18.4 Å². The van der Waals surface area contributed by atoms with E-state index in [1.807, 2.05) is 17.5 Å². The van der Waals surface area contributed by atoms with Gasteiger partial charge in [-0.2, -0.15) is 4.68 Å². The number of benzene rings is 2. The Morgan fingerprint density at radius 3 is 2.37 bits per heavy atom. The topological polar surface area (TPSA) is 77.1 Å². The fourth-order valence-corrected chi connectivity index (χ4v) is 3.69. The second kappa shape index (κ2) is 8.42. The summed E-state index contributed by atoms with van der Waals surface area (Å²) in [6, 6.07) is 14.3. The number of thiophene rings is 1. The number of hydrogen-bond acceptors (Lipinski definition) is 5. The zero-order valence-electron chi connectivity index (χ0n) is 15.4. The zero-order valence-corrected chi connectivity index (χ0v) is 16.2. The predicted octanol–water partition coefficient (Wildman–Crippen LogP) is 3.75. The van der Waals surface area contributed by atoms with E-state index >= 15 is 0 Å². The quantitative estimate of drug-likeness (QED) is 0.509. The first-order chi connectivity index (χ1) is 14.5. The third-order valence-corrected chi connectivity index (χ3v) is 5.26. The molecule has 0 unspecified atom stereocenters. The normalized spacial score (nSPS) is 11.9. The van der Waals surface area contributed by atoms with Crippen LogP contribution in [0.15, 0.2) is 75.3 Å². The summed E-state index contributed by atoms with van der Waals surface area (Å²) >= 11 is 1.44. The molecule has 4 aromatic rings. The van der Waals surface area contributed by atoms with Crippen molar-refractivity contribution in [1.82, 2.24) is 15.1 Å². The molecule has 4 rings (SSSR count). The molecule has 2 aromatic heterocycles. The highest BCUT2D eigenvalue weighted by atomic mass is 32.1. The molecule has 0 radical (unpaired) electrons. The molecule has 0 aliphatic rings. The smallest absolute Gasteiger partial charge is 0.388 e. The summed E-state index contributed by atoms with van der Waals surface area (Å²) in [6.07, 6.45) is 0. The number of aromatic nitrogens is 2. The lowest BCUT2D eigenvalue weighted by atomic mass is 10.1. The Labute approximate surface area is 173 Å². The van der Waals surface area contributed by atoms with Crippen LogP contribution in [0.4, 0.5) is 8.78 Å². The van der Waals surface area contributed by atoms with Gasteiger partial charge in [0.15, 0.2) is 0 Å². The van der Waals surface area contributed by atoms with Gasteiger partial charge in [-0.3, -0.25) is 4.79 Å². The molecular formula is C21H15F2N3O3S. The van der Waals surface area contributed by atoms with Crippen LogP contribution in [-0.4, -0.2) is 15.7 Å². The van der Waals surface area contributed by atoms with Crippen LogP contribution < -0.4 is 11.1 Å². The lowest BCUT2D eigenvalue weighted by Crippen LogP contribution is -2.34. The van der Waals surface area contributed by atoms with Gasteiger partial charge in [0, 0.05) is 10.4 Å². The molecule has 6 nitrogen and oxygen atoms in total. The molecule has 0 fully saturated rings. The highest BCUT2D eigenvalue weighted by molar-refractivity contribution is 7.10. The molecule has 0 saturated heterocycles. The Bertz CT molecular complexity index is 1200. The standard InChI is InChI=1S/C21H15F2N3O3S/c22-15-7-3-13(4-8-15)19(17-2-1-11-30-17)24-18(27)12-26-21(28)29-20(25-26)14-5-9-16(23)10-6-14/h1-11,19H,12H2,(H,24,27)/t19-/m0/s1. The summed E-state index contributed by atoms with van der Waals surface area (Å²) in [5.41, 5.74) is 1.11. The third-order valence-electron chi connectivity index (χ3n) is 4.33. The molecule has 152 valence electrons. The van der Waals surface area contributed by atoms with Crippen LogP contribution in [0, 0.1) is 11.6 Å². The number of halogens is 2. The van der Waals surface area contributed by atoms with Crippen molar-refractivity contribution < 1.29 is 18.0 Å². The van der Waals surface area contributed by atoms with Crippen LogP contribution in [0.3, 0.4) is 0 Å². The first kappa shape index (κ1) is 19.7. The van der Waals surface area contributed by atoms with E-state index in [1.165, 1.54) is 47.7 Å². The van der Waals surface area contributed by atoms with E-state index in [1.54, 1.807) is 12.1 Å². The van der Waals surface area contributed by atoms with Crippen molar-refractivity contribution in [2.45, 2.75) is 12.6 Å². The van der Waals surface area contributed by atoms with E-state index < -0.39 is 23.5 Å². The Morgan fingerprint density at radius 2 is 1.73 bits per heavy atom. The van der Waals surface area contributed by atoms with E-state index in [-0.39, 0.29) is 18.3 Å². The second-order valence-corrected chi connectivity index (χ2v) is 7.38. The Kier molecular flexibility index (Phi) is 5.53. The largest absolute Gasteiger partial charge is 0.437 e. The molecule has 0 saturated carbocycles. The van der Waals surface area contributed by atoms with Gasteiger partial charge in [0.05, 0.1) is 6.04 Å². The van der Waals surface area contributed by atoms with Gasteiger partial charge in [-0.25, -0.2) is 13.6 Å². The molecule has 2 heterocycles. The van der Waals surface area contributed by atoms with Crippen molar-refractivity contribution in [2.24, 2.45) is 0 Å². The molecule has 0 spiro atoms. The van der Waals surface area contributed by atoms with Gasteiger partial charge in [0.25, 0.3) is 0 Å². The number of nitrogens with zero attached hydrogens (tertiary/aromatic N) is 2. The van der Waals surface area contributed by atoms with Gasteiger partial charge in [-0.1, -0.05) is 18.2 Å². The number of nitrogens with one attached hydrogen (secondary N) is 1. The van der Waals surface area contributed by atoms with Crippen LogP contribution in [0.5, 0.6) is 0 Å². The Hall–Kier alpha value is -3.59. The molecule has 30 heavy (non-hydrogen) atoms. The van der Waals surface area contributed by atoms with Crippen LogP contribution >= 0.6 is 11.3 Å². The molecule has 2 aromatic carbocycles. The lowest BCUT2D eigenvalue weighted by Gasteiger charge is -2.18. The van der Waals surface area contributed by atoms with Crippen molar-refractivity contribution in [3.8, 4) is 11.5 Å². The van der Waals surface area contributed by atoms with Gasteiger partial charge in [-0.15, -0.1) is 16.4 Å². The minimum Gasteiger partial charge on any atom is -0.388 e. The molecule has 0 aliphatic carbocycles. The number of hydrogen-bond donors (Lipinski definition) is 1. The number of rotatable bonds is 6. The highest BCUT2D eigenvalue weighted by Gasteiger charge is 2.20. The predicted molar refractivity (Wildman–Crippen MR) is 107 cm³/mol. The van der Waals surface area contributed by atoms with Crippen LogP contribution in [0.2, 0.25) is 0 Å². The summed E-state index contributed by atoms with van der Waals surface area (Å²) in [4.78, 5) is 25.6. The molecule has 1 N–H and O–H groups in total. The van der Waals surface area contributed by atoms with Crippen molar-refractivity contribution in [3.63, 3.8) is 0 Å². The summed E-state index contributed by atoms with van der Waals surface area (Å²) in [7, 11) is 0. The maximum Gasteiger partial charge on any atom is 0.437 e. The lowest BCUT2D eigenvalue weighted by molar-refractivity contribution is -0.122. The van der Waals surface area contributed by atoms with E-state index in [2.05, 4.69) is 10.4 Å². The zero-order chi connectivity index (χ0) is 21.1. The molecular weight excluding hydrogens is 412 g/mol. The van der Waals surface area contributed by atoms with Gasteiger partial charge in [-0.05, 0) is 53.4 Å². The highest BCUT2D eigenvalue weighted by Crippen LogP contribution is 2.26. The summed E-state index contributed by atoms with van der Waals surface area (Å²) in [5.74, 6) is -2.10. The maximum absolute atomic E-state index is 13.3. The number of carbonyl (C=O) groups is 1. The van der Waals surface area contributed by atoms with Gasteiger partial charge < -0.3 is 9.73 Å². The van der Waals surface area contributed by atoms with Crippen molar-refractivity contribution in [2.75, 3.05) is 0 Å². The van der Waals surface area contributed by atoms with Crippen molar-refractivity contribution in [1.29, 1.82) is 0 Å². The van der Waals surface area contributed by atoms with Crippen LogP contribution in [-0.2, 0) is 11.3 Å². The van der Waals surface area contributed by atoms with Crippen LogP contribution in [0.25, 0.3) is 11.5 Å². The van der Waals surface area contributed by atoms with Gasteiger partial charge >= 0.3 is 5.76 Å². The van der Waals surface area contributed by atoms with Crippen molar-refractivity contribution >= 4 is 17.2 Å². The number of amides is 1. The average molecular weight is 427 g/mol. The van der Waals surface area contributed by atoms with E-state index in [0.717, 1.165) is 9.56 Å². The maximum atomic E-state index is 13.3. The molecule has 0 bridgehead atoms. The second-order valence-electron chi connectivity index (χ2n) is 6.41. The monoisotopic (exact) mass is 427 g/mol. The fraction of sp³-hybridized carbons (Fsp3) is 0.0952. The van der Waals surface area contributed by atoms with E-state index in [0.29, 0.717) is 11.1 Å². The first-order valence-corrected chi connectivity index (χ1v) is 9.80. The Balaban J connectivity index is 1.53. The summed E-state index contributed by atoms with van der Waals surface area (Å²) in [5, 5.41) is 8.73. The van der Waals surface area contributed by atoms with E-state index in [4.69, 9.17) is 4.42 Å². The fourth-order valence-electron chi connectivity index (χ4n) is 2.89. The van der Waals surface area contributed by atoms with Crippen molar-refractivity contribution in [3.05, 3.63) is 98.7 Å². The average Bonchev–Trinajstić information content (AvgIpc) is 3.38. The molecule has 1 amide bonds. The summed E-state index contributed by atoms with van der Waals surface area (Å²) < 4.78 is 32.3. The molecule has 1 atom stereocenters. The molecule has 0 aliphatic heterocycles. The molecule has 9 heteroatoms. The minimum absolute atomic E-state index is 0.0128.